The molecule has 0 bridgehead atoms. The van der Waals surface area contributed by atoms with Gasteiger partial charge >= 0.3 is 0 Å². The lowest BCUT2D eigenvalue weighted by Gasteiger charge is -2.32. The van der Waals surface area contributed by atoms with Gasteiger partial charge in [-0.15, -0.1) is 4.83 Å². The number of likely N-dealkylation sites (N-methyl/N-ethyl adjacent to an activating group) is 1. The average molecular weight is 237 g/mol. The molecular formula is C8H19N3O3S. The predicted molar refractivity (Wildman–Crippen MR) is 57.7 cm³/mol. The number of rotatable bonds is 5. The number of sulfonamides is 1. The molecule has 6 nitrogen and oxygen atoms in total. The van der Waals surface area contributed by atoms with Crippen molar-refractivity contribution in [2.75, 3.05) is 45.6 Å². The second-order valence-electron chi connectivity index (χ2n) is 3.78. The molecule has 90 valence electrons. The third-order valence-electron chi connectivity index (χ3n) is 2.34. The number of nitrogens with one attached hydrogen (secondary N) is 1. The summed E-state index contributed by atoms with van der Waals surface area (Å²) in [5.41, 5.74) is 0. The van der Waals surface area contributed by atoms with Crippen LogP contribution >= 0.6 is 0 Å². The van der Waals surface area contributed by atoms with E-state index in [1.54, 1.807) is 5.01 Å². The first-order valence-corrected chi connectivity index (χ1v) is 6.73. The van der Waals surface area contributed by atoms with Crippen molar-refractivity contribution in [3.8, 4) is 0 Å². The molecule has 0 radical (unpaired) electrons. The molecule has 1 aliphatic heterocycles. The number of hydrogen-bond acceptors (Lipinski definition) is 5. The fourth-order valence-electron chi connectivity index (χ4n) is 1.39. The number of piperazine rings is 1. The molecule has 7 heteroatoms. The van der Waals surface area contributed by atoms with Crippen LogP contribution in [0, 0.1) is 0 Å². The Balaban J connectivity index is 2.34. The van der Waals surface area contributed by atoms with Gasteiger partial charge < -0.3 is 10.0 Å². The monoisotopic (exact) mass is 237 g/mol. The number of hydrogen-bond donors (Lipinski definition) is 2. The summed E-state index contributed by atoms with van der Waals surface area (Å²) < 4.78 is 22.9. The summed E-state index contributed by atoms with van der Waals surface area (Å²) in [6.07, 6.45) is 0.281. The number of hydrazine groups is 1. The normalized spacial score (nSPS) is 20.7. The van der Waals surface area contributed by atoms with Crippen molar-refractivity contribution in [3.05, 3.63) is 0 Å². The van der Waals surface area contributed by atoms with Crippen LogP contribution < -0.4 is 4.83 Å². The molecule has 0 saturated carbocycles. The van der Waals surface area contributed by atoms with E-state index in [9.17, 15) is 8.42 Å². The van der Waals surface area contributed by atoms with Gasteiger partial charge in [0.15, 0.2) is 0 Å². The van der Waals surface area contributed by atoms with Crippen LogP contribution in [-0.2, 0) is 10.0 Å². The van der Waals surface area contributed by atoms with E-state index >= 15 is 0 Å². The molecule has 0 spiro atoms. The molecule has 1 rings (SSSR count). The van der Waals surface area contributed by atoms with E-state index in [2.05, 4.69) is 9.73 Å². The maximum Gasteiger partial charge on any atom is 0.224 e. The topological polar surface area (TPSA) is 72.9 Å². The number of aliphatic hydroxyl groups excluding tert-OH is 1. The highest BCUT2D eigenvalue weighted by atomic mass is 32.2. The first kappa shape index (κ1) is 12.9. The van der Waals surface area contributed by atoms with Gasteiger partial charge in [0.1, 0.15) is 0 Å². The van der Waals surface area contributed by atoms with Gasteiger partial charge in [0.05, 0.1) is 5.75 Å². The Hall–Kier alpha value is -0.210. The molecule has 1 saturated heterocycles. The highest BCUT2D eigenvalue weighted by Crippen LogP contribution is 1.98. The molecule has 0 aromatic heterocycles. The summed E-state index contributed by atoms with van der Waals surface area (Å²) in [5.74, 6) is -0.0180. The Morgan fingerprint density at radius 2 is 1.87 bits per heavy atom. The summed E-state index contributed by atoms with van der Waals surface area (Å²) in [6, 6.07) is 0. The highest BCUT2D eigenvalue weighted by Gasteiger charge is 2.18. The fourth-order valence-corrected chi connectivity index (χ4v) is 2.57. The second-order valence-corrected chi connectivity index (χ2v) is 5.60. The van der Waals surface area contributed by atoms with Crippen molar-refractivity contribution < 1.29 is 13.5 Å². The third-order valence-corrected chi connectivity index (χ3v) is 3.71. The van der Waals surface area contributed by atoms with Gasteiger partial charge in [-0.1, -0.05) is 0 Å². The molecule has 0 amide bonds. The molecule has 2 N–H and O–H groups in total. The molecular weight excluding hydrogens is 218 g/mol. The van der Waals surface area contributed by atoms with E-state index in [1.807, 2.05) is 7.05 Å². The Kier molecular flexibility index (Phi) is 4.94. The average Bonchev–Trinajstić information content (AvgIpc) is 2.18. The van der Waals surface area contributed by atoms with E-state index in [0.29, 0.717) is 13.1 Å². The van der Waals surface area contributed by atoms with Crippen molar-refractivity contribution in [2.45, 2.75) is 6.42 Å². The van der Waals surface area contributed by atoms with Gasteiger partial charge in [0.2, 0.25) is 10.0 Å². The summed E-state index contributed by atoms with van der Waals surface area (Å²) in [6.45, 7) is 3.04. The molecule has 0 atom stereocenters. The lowest BCUT2D eigenvalue weighted by molar-refractivity contribution is 0.134. The van der Waals surface area contributed by atoms with Crippen molar-refractivity contribution in [1.29, 1.82) is 0 Å². The van der Waals surface area contributed by atoms with Crippen LogP contribution in [0.3, 0.4) is 0 Å². The number of aliphatic hydroxyl groups is 1. The molecule has 15 heavy (non-hydrogen) atoms. The van der Waals surface area contributed by atoms with Crippen LogP contribution in [-0.4, -0.2) is 69.0 Å². The Morgan fingerprint density at radius 1 is 1.27 bits per heavy atom. The molecule has 0 aromatic rings. The van der Waals surface area contributed by atoms with E-state index in [-0.39, 0.29) is 18.8 Å². The minimum absolute atomic E-state index is 0.0180. The van der Waals surface area contributed by atoms with Crippen LogP contribution in [0.15, 0.2) is 0 Å². The van der Waals surface area contributed by atoms with E-state index in [4.69, 9.17) is 5.11 Å². The fraction of sp³-hybridized carbons (Fsp3) is 1.00. The standard InChI is InChI=1S/C8H19N3O3S/c1-10-3-5-11(6-4-10)9-15(13,14)8-2-7-12/h9,12H,2-8H2,1H3. The van der Waals surface area contributed by atoms with Crippen molar-refractivity contribution in [3.63, 3.8) is 0 Å². The molecule has 1 fully saturated rings. The van der Waals surface area contributed by atoms with E-state index in [0.717, 1.165) is 13.1 Å². The van der Waals surface area contributed by atoms with Crippen LogP contribution in [0.5, 0.6) is 0 Å². The van der Waals surface area contributed by atoms with Gasteiger partial charge in [-0.2, -0.15) is 0 Å². The lowest BCUT2D eigenvalue weighted by atomic mass is 10.4. The quantitative estimate of drug-likeness (QED) is 0.606. The minimum Gasteiger partial charge on any atom is -0.396 e. The Bertz CT molecular complexity index is 273. The van der Waals surface area contributed by atoms with Crippen molar-refractivity contribution in [2.24, 2.45) is 0 Å². The Morgan fingerprint density at radius 3 is 2.40 bits per heavy atom. The summed E-state index contributed by atoms with van der Waals surface area (Å²) in [4.78, 5) is 4.67. The Labute approximate surface area is 90.9 Å². The van der Waals surface area contributed by atoms with Crippen molar-refractivity contribution >= 4 is 10.0 Å². The minimum atomic E-state index is -3.26. The largest absolute Gasteiger partial charge is 0.396 e. The van der Waals surface area contributed by atoms with Gasteiger partial charge in [0.25, 0.3) is 0 Å². The van der Waals surface area contributed by atoms with E-state index < -0.39 is 10.0 Å². The second kappa shape index (κ2) is 5.76. The van der Waals surface area contributed by atoms with Gasteiger partial charge in [-0.3, -0.25) is 0 Å². The molecule has 0 aromatic carbocycles. The van der Waals surface area contributed by atoms with Gasteiger partial charge in [-0.05, 0) is 13.5 Å². The molecule has 0 aliphatic carbocycles. The lowest BCUT2D eigenvalue weighted by Crippen LogP contribution is -2.52. The SMILES string of the molecule is CN1CCN(NS(=O)(=O)CCCO)CC1. The van der Waals surface area contributed by atoms with Crippen molar-refractivity contribution in [1.82, 2.24) is 14.7 Å². The summed E-state index contributed by atoms with van der Waals surface area (Å²) in [7, 11) is -1.25. The summed E-state index contributed by atoms with van der Waals surface area (Å²) in [5, 5.41) is 10.3. The zero-order chi connectivity index (χ0) is 11.3. The first-order chi connectivity index (χ1) is 7.03. The molecule has 1 heterocycles. The maximum atomic E-state index is 11.5. The number of nitrogens with zero attached hydrogens (tertiary/aromatic N) is 2. The summed E-state index contributed by atoms with van der Waals surface area (Å²) >= 11 is 0. The smallest absolute Gasteiger partial charge is 0.224 e. The zero-order valence-corrected chi connectivity index (χ0v) is 9.83. The highest BCUT2D eigenvalue weighted by molar-refractivity contribution is 7.89. The van der Waals surface area contributed by atoms with Gasteiger partial charge in [-0.25, -0.2) is 13.4 Å². The van der Waals surface area contributed by atoms with Crippen LogP contribution in [0.4, 0.5) is 0 Å². The predicted octanol–water partition coefficient (Wildman–Crippen LogP) is -1.55. The maximum absolute atomic E-state index is 11.5. The third kappa shape index (κ3) is 4.89. The van der Waals surface area contributed by atoms with Gasteiger partial charge in [0, 0.05) is 32.8 Å². The van der Waals surface area contributed by atoms with E-state index in [1.165, 1.54) is 0 Å². The molecule has 0 unspecified atom stereocenters. The first-order valence-electron chi connectivity index (χ1n) is 5.08. The van der Waals surface area contributed by atoms with Crippen LogP contribution in [0.1, 0.15) is 6.42 Å². The van der Waals surface area contributed by atoms with Crippen LogP contribution in [0.2, 0.25) is 0 Å². The molecule has 1 aliphatic rings. The van der Waals surface area contributed by atoms with Crippen LogP contribution in [0.25, 0.3) is 0 Å². The zero-order valence-electron chi connectivity index (χ0n) is 9.02.